The van der Waals surface area contributed by atoms with E-state index in [1.54, 1.807) is 18.0 Å². The van der Waals surface area contributed by atoms with Crippen LogP contribution in [0.15, 0.2) is 64.5 Å². The molecule has 3 aromatic rings. The summed E-state index contributed by atoms with van der Waals surface area (Å²) in [5.41, 5.74) is 2.15. The molecule has 2 aromatic carbocycles. The summed E-state index contributed by atoms with van der Waals surface area (Å²) in [5.74, 6) is -0.230. The maximum Gasteiger partial charge on any atom is 0.277 e. The smallest absolute Gasteiger partial charge is 0.277 e. The first-order chi connectivity index (χ1) is 13.7. The van der Waals surface area contributed by atoms with Crippen molar-refractivity contribution in [2.45, 2.75) is 35.6 Å². The van der Waals surface area contributed by atoms with Gasteiger partial charge in [-0.15, -0.1) is 17.5 Å². The van der Waals surface area contributed by atoms with Gasteiger partial charge in [0.2, 0.25) is 0 Å². The maximum atomic E-state index is 12.6. The molecule has 2 heterocycles. The van der Waals surface area contributed by atoms with Crippen molar-refractivity contribution in [3.05, 3.63) is 66.0 Å². The molecule has 1 aliphatic rings. The van der Waals surface area contributed by atoms with Gasteiger partial charge in [-0.3, -0.25) is 4.79 Å². The highest BCUT2D eigenvalue weighted by molar-refractivity contribution is 7.99. The van der Waals surface area contributed by atoms with E-state index in [-0.39, 0.29) is 18.3 Å². The third-order valence-electron chi connectivity index (χ3n) is 4.85. The molecule has 4 rings (SSSR count). The van der Waals surface area contributed by atoms with Crippen LogP contribution in [-0.2, 0) is 0 Å². The van der Waals surface area contributed by atoms with Crippen LogP contribution >= 0.6 is 24.2 Å². The summed E-state index contributed by atoms with van der Waals surface area (Å²) in [6, 6.07) is 16.6. The third-order valence-corrected chi connectivity index (χ3v) is 5.85. The Morgan fingerprint density at radius 3 is 2.62 bits per heavy atom. The number of benzene rings is 2. The van der Waals surface area contributed by atoms with E-state index in [0.29, 0.717) is 11.7 Å². The number of halogens is 1. The number of piperidine rings is 1. The number of rotatable bonds is 5. The zero-order valence-electron chi connectivity index (χ0n) is 16.2. The Kier molecular flexibility index (Phi) is 7.30. The van der Waals surface area contributed by atoms with E-state index in [4.69, 9.17) is 0 Å². The van der Waals surface area contributed by atoms with Gasteiger partial charge in [-0.2, -0.15) is 0 Å². The fourth-order valence-corrected chi connectivity index (χ4v) is 4.22. The summed E-state index contributed by atoms with van der Waals surface area (Å²) in [4.78, 5) is 14.9. The molecular formula is C21H24ClN5OS. The van der Waals surface area contributed by atoms with Gasteiger partial charge >= 0.3 is 0 Å². The molecule has 1 saturated heterocycles. The quantitative estimate of drug-likeness (QED) is 0.631. The van der Waals surface area contributed by atoms with Gasteiger partial charge in [0.15, 0.2) is 5.69 Å². The molecule has 0 radical (unpaired) electrons. The highest BCUT2D eigenvalue weighted by atomic mass is 35.5. The standard InChI is InChI=1S/C21H23N5OS.ClH/c1-15-13-18(28-17-5-3-2-4-6-17)7-8-19(15)23-21(27)20-14-26(25-24-20)16-9-11-22-12-10-16;/h2-8,13-14,16,22H,9-12H2,1H3,(H,23,27);1H. The van der Waals surface area contributed by atoms with E-state index in [0.717, 1.165) is 42.1 Å². The number of aryl methyl sites for hydroxylation is 1. The van der Waals surface area contributed by atoms with Crippen LogP contribution in [-0.4, -0.2) is 34.0 Å². The van der Waals surface area contributed by atoms with Crippen molar-refractivity contribution in [3.63, 3.8) is 0 Å². The van der Waals surface area contributed by atoms with E-state index in [2.05, 4.69) is 39.1 Å². The number of hydrogen-bond donors (Lipinski definition) is 2. The number of aromatic nitrogens is 3. The topological polar surface area (TPSA) is 71.8 Å². The summed E-state index contributed by atoms with van der Waals surface area (Å²) < 4.78 is 1.82. The van der Waals surface area contributed by atoms with E-state index < -0.39 is 0 Å². The Morgan fingerprint density at radius 1 is 1.14 bits per heavy atom. The van der Waals surface area contributed by atoms with Gasteiger partial charge in [0.25, 0.3) is 5.91 Å². The van der Waals surface area contributed by atoms with Crippen molar-refractivity contribution in [2.24, 2.45) is 0 Å². The minimum Gasteiger partial charge on any atom is -0.320 e. The van der Waals surface area contributed by atoms with Crippen LogP contribution in [0.1, 0.15) is 34.9 Å². The molecule has 1 fully saturated rings. The summed E-state index contributed by atoms with van der Waals surface area (Å²) in [6.07, 6.45) is 3.76. The molecule has 1 amide bonds. The normalized spacial score (nSPS) is 14.2. The minimum absolute atomic E-state index is 0. The fourth-order valence-electron chi connectivity index (χ4n) is 3.28. The van der Waals surface area contributed by atoms with Crippen LogP contribution in [0.25, 0.3) is 0 Å². The number of amides is 1. The van der Waals surface area contributed by atoms with E-state index in [9.17, 15) is 4.79 Å². The van der Waals surface area contributed by atoms with Crippen molar-refractivity contribution < 1.29 is 4.79 Å². The Labute approximate surface area is 180 Å². The molecular weight excluding hydrogens is 406 g/mol. The third kappa shape index (κ3) is 5.38. The molecule has 0 unspecified atom stereocenters. The van der Waals surface area contributed by atoms with Gasteiger partial charge in [0, 0.05) is 15.5 Å². The summed E-state index contributed by atoms with van der Waals surface area (Å²) in [6.45, 7) is 3.94. The lowest BCUT2D eigenvalue weighted by Crippen LogP contribution is -2.29. The Balaban J connectivity index is 0.00000240. The molecule has 0 bridgehead atoms. The second kappa shape index (κ2) is 9.91. The maximum absolute atomic E-state index is 12.6. The van der Waals surface area contributed by atoms with Crippen molar-refractivity contribution in [2.75, 3.05) is 18.4 Å². The lowest BCUT2D eigenvalue weighted by atomic mass is 10.1. The number of carbonyl (C=O) groups is 1. The van der Waals surface area contributed by atoms with Gasteiger partial charge in [-0.1, -0.05) is 35.2 Å². The van der Waals surface area contributed by atoms with Crippen molar-refractivity contribution >= 4 is 35.8 Å². The van der Waals surface area contributed by atoms with Crippen LogP contribution in [0.2, 0.25) is 0 Å². The van der Waals surface area contributed by atoms with Gasteiger partial charge in [0.1, 0.15) is 0 Å². The van der Waals surface area contributed by atoms with Gasteiger partial charge in [-0.25, -0.2) is 4.68 Å². The highest BCUT2D eigenvalue weighted by Gasteiger charge is 2.19. The lowest BCUT2D eigenvalue weighted by Gasteiger charge is -2.22. The van der Waals surface area contributed by atoms with Crippen LogP contribution in [0.5, 0.6) is 0 Å². The predicted octanol–water partition coefficient (Wildman–Crippen LogP) is 4.34. The average molecular weight is 430 g/mol. The Morgan fingerprint density at radius 2 is 1.90 bits per heavy atom. The van der Waals surface area contributed by atoms with Crippen LogP contribution in [0, 0.1) is 6.92 Å². The molecule has 1 aliphatic heterocycles. The molecule has 1 aromatic heterocycles. The van der Waals surface area contributed by atoms with Crippen LogP contribution in [0.4, 0.5) is 5.69 Å². The van der Waals surface area contributed by atoms with E-state index in [1.165, 1.54) is 4.90 Å². The molecule has 6 nitrogen and oxygen atoms in total. The first-order valence-electron chi connectivity index (χ1n) is 9.46. The molecule has 152 valence electrons. The molecule has 0 aliphatic carbocycles. The van der Waals surface area contributed by atoms with Crippen LogP contribution < -0.4 is 10.6 Å². The SMILES string of the molecule is Cc1cc(Sc2ccccc2)ccc1NC(=O)c1cn(C2CCNCC2)nn1.Cl. The molecule has 29 heavy (non-hydrogen) atoms. The average Bonchev–Trinajstić information content (AvgIpc) is 3.22. The second-order valence-corrected chi connectivity index (χ2v) is 8.06. The number of hydrogen-bond acceptors (Lipinski definition) is 5. The molecule has 0 saturated carbocycles. The summed E-state index contributed by atoms with van der Waals surface area (Å²) in [7, 11) is 0. The van der Waals surface area contributed by atoms with Gasteiger partial charge in [0.05, 0.1) is 12.2 Å². The number of anilines is 1. The minimum atomic E-state index is -0.230. The zero-order valence-corrected chi connectivity index (χ0v) is 17.8. The van der Waals surface area contributed by atoms with Gasteiger partial charge in [-0.05, 0) is 68.8 Å². The zero-order chi connectivity index (χ0) is 19.3. The molecule has 8 heteroatoms. The summed E-state index contributed by atoms with van der Waals surface area (Å²) in [5, 5.41) is 14.5. The number of nitrogens with one attached hydrogen (secondary N) is 2. The first-order valence-corrected chi connectivity index (χ1v) is 10.3. The molecule has 0 spiro atoms. The second-order valence-electron chi connectivity index (χ2n) is 6.91. The van der Waals surface area contributed by atoms with E-state index in [1.807, 2.05) is 41.9 Å². The van der Waals surface area contributed by atoms with Gasteiger partial charge < -0.3 is 10.6 Å². The molecule has 2 N–H and O–H groups in total. The summed E-state index contributed by atoms with van der Waals surface area (Å²) >= 11 is 1.70. The lowest BCUT2D eigenvalue weighted by molar-refractivity contribution is 0.102. The fraction of sp³-hybridized carbons (Fsp3) is 0.286. The number of nitrogens with zero attached hydrogens (tertiary/aromatic N) is 3. The first kappa shape index (κ1) is 21.4. The van der Waals surface area contributed by atoms with E-state index >= 15 is 0 Å². The van der Waals surface area contributed by atoms with Crippen molar-refractivity contribution in [1.82, 2.24) is 20.3 Å². The Bertz CT molecular complexity index is 957. The highest BCUT2D eigenvalue weighted by Crippen LogP contribution is 2.30. The van der Waals surface area contributed by atoms with Crippen molar-refractivity contribution in [1.29, 1.82) is 0 Å². The largest absolute Gasteiger partial charge is 0.320 e. The van der Waals surface area contributed by atoms with Crippen LogP contribution in [0.3, 0.4) is 0 Å². The van der Waals surface area contributed by atoms with Crippen molar-refractivity contribution in [3.8, 4) is 0 Å². The predicted molar refractivity (Wildman–Crippen MR) is 118 cm³/mol. The number of carbonyl (C=O) groups excluding carboxylic acids is 1. The Hall–Kier alpha value is -2.35. The molecule has 0 atom stereocenters. The monoisotopic (exact) mass is 429 g/mol.